The third-order valence-electron chi connectivity index (χ3n) is 2.52. The Labute approximate surface area is 117 Å². The normalized spacial score (nSPS) is 13.0. The number of aryl methyl sites for hydroxylation is 1. The highest BCUT2D eigenvalue weighted by atomic mass is 19.4. The maximum absolute atomic E-state index is 12.7. The van der Waals surface area contributed by atoms with E-state index in [1.165, 1.54) is 6.20 Å². The SMILES string of the molecule is Cc1cnc(C(C)Nc2cc(C(F)(F)F)nc(NN)n2)o1. The quantitative estimate of drug-likeness (QED) is 0.588. The number of nitrogen functional groups attached to an aromatic ring is 1. The Morgan fingerprint density at radius 1 is 1.33 bits per heavy atom. The van der Waals surface area contributed by atoms with Crippen molar-refractivity contribution in [2.75, 3.05) is 10.7 Å². The summed E-state index contributed by atoms with van der Waals surface area (Å²) in [6, 6.07) is 0.313. The van der Waals surface area contributed by atoms with Crippen LogP contribution < -0.4 is 16.6 Å². The molecule has 114 valence electrons. The standard InChI is InChI=1S/C11H13F3N6O/c1-5-4-16-9(21-5)6(2)17-8-3-7(11(12,13)14)18-10(19-8)20-15/h3-4,6H,15H2,1-2H3,(H2,17,18,19,20). The molecule has 21 heavy (non-hydrogen) atoms. The van der Waals surface area contributed by atoms with Crippen LogP contribution in [0, 0.1) is 6.92 Å². The molecule has 0 saturated heterocycles. The van der Waals surface area contributed by atoms with Crippen LogP contribution in [0.15, 0.2) is 16.7 Å². The molecule has 0 aromatic carbocycles. The Morgan fingerprint density at radius 3 is 2.57 bits per heavy atom. The molecule has 0 amide bonds. The minimum Gasteiger partial charge on any atom is -0.444 e. The van der Waals surface area contributed by atoms with Crippen molar-refractivity contribution in [3.63, 3.8) is 0 Å². The first-order valence-corrected chi connectivity index (χ1v) is 5.91. The van der Waals surface area contributed by atoms with Gasteiger partial charge in [-0.05, 0) is 13.8 Å². The van der Waals surface area contributed by atoms with Gasteiger partial charge in [0.15, 0.2) is 5.69 Å². The summed E-state index contributed by atoms with van der Waals surface area (Å²) in [5.74, 6) is 5.62. The Balaban J connectivity index is 2.27. The van der Waals surface area contributed by atoms with E-state index < -0.39 is 17.9 Å². The zero-order valence-electron chi connectivity index (χ0n) is 11.2. The van der Waals surface area contributed by atoms with E-state index in [0.717, 1.165) is 6.07 Å². The Kier molecular flexibility index (Phi) is 3.98. The second-order valence-electron chi connectivity index (χ2n) is 4.28. The van der Waals surface area contributed by atoms with Crippen LogP contribution in [0.5, 0.6) is 0 Å². The van der Waals surface area contributed by atoms with Gasteiger partial charge in [0, 0.05) is 6.07 Å². The first-order chi connectivity index (χ1) is 9.79. The number of anilines is 2. The molecule has 0 saturated carbocycles. The van der Waals surface area contributed by atoms with Crippen LogP contribution in [-0.4, -0.2) is 15.0 Å². The topological polar surface area (TPSA) is 102 Å². The lowest BCUT2D eigenvalue weighted by Gasteiger charge is -2.14. The lowest BCUT2D eigenvalue weighted by Crippen LogP contribution is -2.17. The van der Waals surface area contributed by atoms with Gasteiger partial charge in [0.05, 0.1) is 6.20 Å². The number of oxazole rings is 1. The first kappa shape index (κ1) is 15.0. The van der Waals surface area contributed by atoms with E-state index in [-0.39, 0.29) is 11.8 Å². The van der Waals surface area contributed by atoms with Crippen LogP contribution in [0.2, 0.25) is 0 Å². The minimum atomic E-state index is -4.60. The number of halogens is 3. The fourth-order valence-corrected chi connectivity index (χ4v) is 1.59. The number of aromatic nitrogens is 3. The predicted octanol–water partition coefficient (Wildman–Crippen LogP) is 2.25. The molecule has 0 aliphatic carbocycles. The summed E-state index contributed by atoms with van der Waals surface area (Å²) in [6.07, 6.45) is -3.09. The van der Waals surface area contributed by atoms with E-state index in [2.05, 4.69) is 20.3 Å². The molecule has 2 aromatic heterocycles. The number of rotatable bonds is 4. The van der Waals surface area contributed by atoms with Crippen LogP contribution in [0.1, 0.15) is 30.3 Å². The van der Waals surface area contributed by atoms with E-state index in [9.17, 15) is 13.2 Å². The second-order valence-corrected chi connectivity index (χ2v) is 4.28. The number of hydrazine groups is 1. The van der Waals surface area contributed by atoms with Crippen molar-refractivity contribution in [3.05, 3.63) is 29.6 Å². The zero-order chi connectivity index (χ0) is 15.6. The summed E-state index contributed by atoms with van der Waals surface area (Å²) in [4.78, 5) is 11.1. The number of hydrogen-bond acceptors (Lipinski definition) is 7. The number of alkyl halides is 3. The first-order valence-electron chi connectivity index (χ1n) is 5.91. The number of hydrogen-bond donors (Lipinski definition) is 3. The molecular weight excluding hydrogens is 289 g/mol. The van der Waals surface area contributed by atoms with Gasteiger partial charge in [-0.1, -0.05) is 0 Å². The molecule has 0 spiro atoms. The van der Waals surface area contributed by atoms with Crippen molar-refractivity contribution < 1.29 is 17.6 Å². The lowest BCUT2D eigenvalue weighted by atomic mass is 10.3. The zero-order valence-corrected chi connectivity index (χ0v) is 11.2. The summed E-state index contributed by atoms with van der Waals surface area (Å²) in [5.41, 5.74) is 0.888. The van der Waals surface area contributed by atoms with Gasteiger partial charge < -0.3 is 9.73 Å². The van der Waals surface area contributed by atoms with Gasteiger partial charge in [0.1, 0.15) is 17.6 Å². The highest BCUT2D eigenvalue weighted by Gasteiger charge is 2.34. The van der Waals surface area contributed by atoms with E-state index in [1.807, 2.05) is 5.43 Å². The summed E-state index contributed by atoms with van der Waals surface area (Å²) in [7, 11) is 0. The monoisotopic (exact) mass is 302 g/mol. The molecule has 7 nitrogen and oxygen atoms in total. The molecule has 2 heterocycles. The van der Waals surface area contributed by atoms with Gasteiger partial charge in [0.2, 0.25) is 11.8 Å². The predicted molar refractivity (Wildman–Crippen MR) is 68.1 cm³/mol. The summed E-state index contributed by atoms with van der Waals surface area (Å²) < 4.78 is 43.5. The van der Waals surface area contributed by atoms with Crippen molar-refractivity contribution >= 4 is 11.8 Å². The largest absolute Gasteiger partial charge is 0.444 e. The molecule has 10 heteroatoms. The Morgan fingerprint density at radius 2 is 2.05 bits per heavy atom. The molecule has 0 aliphatic heterocycles. The molecule has 2 aromatic rings. The van der Waals surface area contributed by atoms with Gasteiger partial charge in [0.25, 0.3) is 0 Å². The van der Waals surface area contributed by atoms with Crippen molar-refractivity contribution in [2.45, 2.75) is 26.1 Å². The Hall–Kier alpha value is -2.36. The molecule has 0 radical (unpaired) electrons. The average molecular weight is 302 g/mol. The van der Waals surface area contributed by atoms with Crippen LogP contribution in [0.4, 0.5) is 24.9 Å². The van der Waals surface area contributed by atoms with Gasteiger partial charge in [-0.25, -0.2) is 15.8 Å². The van der Waals surface area contributed by atoms with Crippen LogP contribution in [0.3, 0.4) is 0 Å². The lowest BCUT2D eigenvalue weighted by molar-refractivity contribution is -0.141. The Bertz CT molecular complexity index is 627. The number of nitrogens with zero attached hydrogens (tertiary/aromatic N) is 3. The molecular formula is C11H13F3N6O. The number of nitrogens with two attached hydrogens (primary N) is 1. The molecule has 4 N–H and O–H groups in total. The van der Waals surface area contributed by atoms with Gasteiger partial charge >= 0.3 is 6.18 Å². The average Bonchev–Trinajstić information content (AvgIpc) is 2.84. The maximum Gasteiger partial charge on any atom is 0.433 e. The smallest absolute Gasteiger partial charge is 0.433 e. The van der Waals surface area contributed by atoms with Crippen molar-refractivity contribution in [1.29, 1.82) is 0 Å². The van der Waals surface area contributed by atoms with E-state index in [4.69, 9.17) is 10.3 Å². The van der Waals surface area contributed by atoms with Crippen molar-refractivity contribution in [2.24, 2.45) is 5.84 Å². The van der Waals surface area contributed by atoms with E-state index >= 15 is 0 Å². The van der Waals surface area contributed by atoms with Crippen LogP contribution >= 0.6 is 0 Å². The summed E-state index contributed by atoms with van der Waals surface area (Å²) >= 11 is 0. The second kappa shape index (κ2) is 5.56. The van der Waals surface area contributed by atoms with Gasteiger partial charge in [-0.2, -0.15) is 18.2 Å². The summed E-state index contributed by atoms with van der Waals surface area (Å²) in [5, 5.41) is 2.76. The maximum atomic E-state index is 12.7. The fourth-order valence-electron chi connectivity index (χ4n) is 1.59. The highest BCUT2D eigenvalue weighted by Crippen LogP contribution is 2.30. The third-order valence-corrected chi connectivity index (χ3v) is 2.52. The molecule has 0 aliphatic rings. The van der Waals surface area contributed by atoms with E-state index in [1.54, 1.807) is 13.8 Å². The summed E-state index contributed by atoms with van der Waals surface area (Å²) in [6.45, 7) is 3.39. The highest BCUT2D eigenvalue weighted by molar-refractivity contribution is 5.43. The van der Waals surface area contributed by atoms with Gasteiger partial charge in [-0.15, -0.1) is 0 Å². The molecule has 1 unspecified atom stereocenters. The molecule has 0 bridgehead atoms. The molecule has 1 atom stereocenters. The third kappa shape index (κ3) is 3.60. The number of nitrogens with one attached hydrogen (secondary N) is 2. The van der Waals surface area contributed by atoms with Crippen molar-refractivity contribution in [1.82, 2.24) is 15.0 Å². The van der Waals surface area contributed by atoms with Crippen LogP contribution in [0.25, 0.3) is 0 Å². The van der Waals surface area contributed by atoms with E-state index in [0.29, 0.717) is 11.7 Å². The van der Waals surface area contributed by atoms with Crippen molar-refractivity contribution in [3.8, 4) is 0 Å². The minimum absolute atomic E-state index is 0.0476. The van der Waals surface area contributed by atoms with Crippen LogP contribution in [-0.2, 0) is 6.18 Å². The molecule has 2 rings (SSSR count). The van der Waals surface area contributed by atoms with Gasteiger partial charge in [-0.3, -0.25) is 5.43 Å². The molecule has 0 fully saturated rings. The fraction of sp³-hybridized carbons (Fsp3) is 0.364.